The third kappa shape index (κ3) is 4.99. The summed E-state index contributed by atoms with van der Waals surface area (Å²) in [5.41, 5.74) is 0.362. The van der Waals surface area contributed by atoms with Crippen molar-refractivity contribution in [3.63, 3.8) is 0 Å². The third-order valence-corrected chi connectivity index (χ3v) is 2.80. The molecule has 2 N–H and O–H groups in total. The second kappa shape index (κ2) is 7.79. The summed E-state index contributed by atoms with van der Waals surface area (Å²) in [7, 11) is 0. The molecule has 0 aliphatic rings. The molecule has 7 nitrogen and oxygen atoms in total. The molecule has 1 aromatic carbocycles. The molecule has 0 aliphatic carbocycles. The van der Waals surface area contributed by atoms with Crippen molar-refractivity contribution in [1.29, 1.82) is 0 Å². The van der Waals surface area contributed by atoms with E-state index in [1.54, 1.807) is 30.3 Å². The fourth-order valence-corrected chi connectivity index (χ4v) is 1.82. The number of hydrogen-bond donors (Lipinski definition) is 2. The Balaban J connectivity index is 1.78. The minimum absolute atomic E-state index is 0.213. The highest BCUT2D eigenvalue weighted by Crippen LogP contribution is 2.13. The Kier molecular flexibility index (Phi) is 5.51. The van der Waals surface area contributed by atoms with Gasteiger partial charge in [-0.15, -0.1) is 0 Å². The molecule has 7 heteroatoms. The number of carbonyl (C=O) groups is 3. The van der Waals surface area contributed by atoms with Crippen LogP contribution >= 0.6 is 0 Å². The summed E-state index contributed by atoms with van der Waals surface area (Å²) in [5.74, 6) is -0.614. The Hall–Kier alpha value is -3.09. The van der Waals surface area contributed by atoms with Crippen LogP contribution < -0.4 is 15.4 Å². The summed E-state index contributed by atoms with van der Waals surface area (Å²) in [6.45, 7) is 1.80. The van der Waals surface area contributed by atoms with Crippen molar-refractivity contribution in [2.24, 2.45) is 0 Å². The Bertz CT molecular complexity index is 694. The van der Waals surface area contributed by atoms with Gasteiger partial charge in [-0.25, -0.2) is 0 Å². The molecule has 0 spiro atoms. The molecule has 23 heavy (non-hydrogen) atoms. The molecule has 0 unspecified atom stereocenters. The van der Waals surface area contributed by atoms with Crippen molar-refractivity contribution < 1.29 is 23.5 Å². The lowest BCUT2D eigenvalue weighted by Gasteiger charge is -2.07. The van der Waals surface area contributed by atoms with E-state index in [-0.39, 0.29) is 30.7 Å². The van der Waals surface area contributed by atoms with Gasteiger partial charge in [-0.1, -0.05) is 6.07 Å². The Morgan fingerprint density at radius 1 is 1.04 bits per heavy atom. The summed E-state index contributed by atoms with van der Waals surface area (Å²) in [5, 5.41) is 5.27. The van der Waals surface area contributed by atoms with E-state index in [1.807, 2.05) is 0 Å². The SMILES string of the molecule is CC(=O)Oc1cccc(C(=O)NCCNC(=O)c2ccco2)c1. The lowest BCUT2D eigenvalue weighted by atomic mass is 10.2. The Labute approximate surface area is 132 Å². The van der Waals surface area contributed by atoms with Crippen LogP contribution in [0.1, 0.15) is 27.8 Å². The van der Waals surface area contributed by atoms with Crippen LogP contribution in [0.4, 0.5) is 0 Å². The van der Waals surface area contributed by atoms with Crippen LogP contribution in [0.15, 0.2) is 47.1 Å². The number of furan rings is 1. The van der Waals surface area contributed by atoms with Gasteiger partial charge in [0.2, 0.25) is 0 Å². The molecule has 0 saturated heterocycles. The van der Waals surface area contributed by atoms with Gasteiger partial charge in [-0.2, -0.15) is 0 Å². The van der Waals surface area contributed by atoms with Crippen molar-refractivity contribution in [2.45, 2.75) is 6.92 Å². The zero-order valence-electron chi connectivity index (χ0n) is 12.5. The summed E-state index contributed by atoms with van der Waals surface area (Å²) >= 11 is 0. The Morgan fingerprint density at radius 3 is 2.43 bits per heavy atom. The predicted octanol–water partition coefficient (Wildman–Crippen LogP) is 1.36. The minimum atomic E-state index is -0.455. The maximum absolute atomic E-state index is 12.0. The van der Waals surface area contributed by atoms with E-state index in [0.717, 1.165) is 0 Å². The molecule has 0 radical (unpaired) electrons. The van der Waals surface area contributed by atoms with Gasteiger partial charge in [0.05, 0.1) is 6.26 Å². The number of amides is 2. The maximum Gasteiger partial charge on any atom is 0.308 e. The fourth-order valence-electron chi connectivity index (χ4n) is 1.82. The van der Waals surface area contributed by atoms with Crippen molar-refractivity contribution in [2.75, 3.05) is 13.1 Å². The van der Waals surface area contributed by atoms with E-state index >= 15 is 0 Å². The zero-order chi connectivity index (χ0) is 16.7. The van der Waals surface area contributed by atoms with Gasteiger partial charge >= 0.3 is 5.97 Å². The van der Waals surface area contributed by atoms with E-state index in [2.05, 4.69) is 10.6 Å². The van der Waals surface area contributed by atoms with Gasteiger partial charge < -0.3 is 19.8 Å². The molecule has 2 aromatic rings. The van der Waals surface area contributed by atoms with Crippen LogP contribution in [0.3, 0.4) is 0 Å². The quantitative estimate of drug-likeness (QED) is 0.476. The standard InChI is InChI=1S/C16H16N2O5/c1-11(19)23-13-5-2-4-12(10-13)15(20)17-7-8-18-16(21)14-6-3-9-22-14/h2-6,9-10H,7-8H2,1H3,(H,17,20)(H,18,21). The van der Waals surface area contributed by atoms with Crippen molar-refractivity contribution in [1.82, 2.24) is 10.6 Å². The number of esters is 1. The topological polar surface area (TPSA) is 97.6 Å². The first kappa shape index (κ1) is 16.3. The number of benzene rings is 1. The van der Waals surface area contributed by atoms with Crippen molar-refractivity contribution >= 4 is 17.8 Å². The highest BCUT2D eigenvalue weighted by atomic mass is 16.5. The van der Waals surface area contributed by atoms with Crippen LogP contribution in [-0.2, 0) is 4.79 Å². The highest BCUT2D eigenvalue weighted by Gasteiger charge is 2.09. The molecule has 2 amide bonds. The number of hydrogen-bond acceptors (Lipinski definition) is 5. The van der Waals surface area contributed by atoms with Crippen molar-refractivity contribution in [3.05, 3.63) is 54.0 Å². The molecule has 0 fully saturated rings. The molecule has 0 atom stereocenters. The van der Waals surface area contributed by atoms with E-state index < -0.39 is 5.97 Å². The Morgan fingerprint density at radius 2 is 1.78 bits per heavy atom. The summed E-state index contributed by atoms with van der Waals surface area (Å²) in [6.07, 6.45) is 1.41. The zero-order valence-corrected chi connectivity index (χ0v) is 12.5. The maximum atomic E-state index is 12.0. The summed E-state index contributed by atoms with van der Waals surface area (Å²) < 4.78 is 9.86. The van der Waals surface area contributed by atoms with Crippen LogP contribution in [0.2, 0.25) is 0 Å². The third-order valence-electron chi connectivity index (χ3n) is 2.80. The summed E-state index contributed by atoms with van der Waals surface area (Å²) in [6, 6.07) is 9.44. The first-order valence-electron chi connectivity index (χ1n) is 6.94. The molecule has 1 aromatic heterocycles. The van der Waals surface area contributed by atoms with E-state index in [1.165, 1.54) is 19.3 Å². The first-order chi connectivity index (χ1) is 11.1. The molecular weight excluding hydrogens is 300 g/mol. The average Bonchev–Trinajstić information content (AvgIpc) is 3.05. The highest BCUT2D eigenvalue weighted by molar-refractivity contribution is 5.95. The lowest BCUT2D eigenvalue weighted by Crippen LogP contribution is -2.34. The van der Waals surface area contributed by atoms with E-state index in [4.69, 9.17) is 9.15 Å². The van der Waals surface area contributed by atoms with Gasteiger partial charge in [0, 0.05) is 25.6 Å². The second-order valence-corrected chi connectivity index (χ2v) is 4.61. The second-order valence-electron chi connectivity index (χ2n) is 4.61. The summed E-state index contributed by atoms with van der Waals surface area (Å²) in [4.78, 5) is 34.5. The molecular formula is C16H16N2O5. The van der Waals surface area contributed by atoms with Gasteiger partial charge in [-0.3, -0.25) is 14.4 Å². The van der Waals surface area contributed by atoms with Crippen LogP contribution in [-0.4, -0.2) is 30.9 Å². The monoisotopic (exact) mass is 316 g/mol. The van der Waals surface area contributed by atoms with Gasteiger partial charge in [0.25, 0.3) is 11.8 Å². The lowest BCUT2D eigenvalue weighted by molar-refractivity contribution is -0.131. The van der Waals surface area contributed by atoms with E-state index in [9.17, 15) is 14.4 Å². The predicted molar refractivity (Wildman–Crippen MR) is 81.1 cm³/mol. The number of nitrogens with one attached hydrogen (secondary N) is 2. The van der Waals surface area contributed by atoms with Crippen LogP contribution in [0.25, 0.3) is 0 Å². The van der Waals surface area contributed by atoms with Crippen LogP contribution in [0.5, 0.6) is 5.75 Å². The first-order valence-corrected chi connectivity index (χ1v) is 6.94. The van der Waals surface area contributed by atoms with Crippen molar-refractivity contribution in [3.8, 4) is 5.75 Å². The minimum Gasteiger partial charge on any atom is -0.459 e. The number of carbonyl (C=O) groups excluding carboxylic acids is 3. The molecule has 2 rings (SSSR count). The van der Waals surface area contributed by atoms with Gasteiger partial charge in [-0.05, 0) is 30.3 Å². The molecule has 0 saturated carbocycles. The smallest absolute Gasteiger partial charge is 0.308 e. The van der Waals surface area contributed by atoms with Crippen LogP contribution in [0, 0.1) is 0 Å². The molecule has 1 heterocycles. The fraction of sp³-hybridized carbons (Fsp3) is 0.188. The number of rotatable bonds is 6. The molecule has 0 bridgehead atoms. The largest absolute Gasteiger partial charge is 0.459 e. The molecule has 0 aliphatic heterocycles. The average molecular weight is 316 g/mol. The molecule has 120 valence electrons. The van der Waals surface area contributed by atoms with Gasteiger partial charge in [0.15, 0.2) is 5.76 Å². The normalized spacial score (nSPS) is 9.96. The number of ether oxygens (including phenoxy) is 1. The van der Waals surface area contributed by atoms with E-state index in [0.29, 0.717) is 11.3 Å². The van der Waals surface area contributed by atoms with Gasteiger partial charge in [0.1, 0.15) is 5.75 Å².